The molecule has 3 rings (SSSR count). The number of anilines is 1. The number of nitrogens with zero attached hydrogens (tertiary/aromatic N) is 2. The first-order chi connectivity index (χ1) is 15.0. The standard InChI is InChI=1S/C22H22ClFN4O3/c1-2-12-25-22(30)17-11-10-16(13-18(17)23)26-19(29)4-3-5-20-27-21(28-31-20)14-6-8-15(24)9-7-14/h6-11,13H,2-5,12H2,1H3,(H,25,30)(H,26,29). The molecule has 0 unspecified atom stereocenters. The van der Waals surface area contributed by atoms with Crippen LogP contribution in [0.2, 0.25) is 5.02 Å². The van der Waals surface area contributed by atoms with Gasteiger partial charge >= 0.3 is 0 Å². The molecule has 0 bridgehead atoms. The number of carbonyl (C=O) groups excluding carboxylic acids is 2. The van der Waals surface area contributed by atoms with E-state index in [0.717, 1.165) is 6.42 Å². The maximum Gasteiger partial charge on any atom is 0.252 e. The second-order valence-electron chi connectivity index (χ2n) is 6.87. The molecule has 162 valence electrons. The Labute approximate surface area is 184 Å². The van der Waals surface area contributed by atoms with Crippen LogP contribution < -0.4 is 10.6 Å². The molecule has 1 heterocycles. The van der Waals surface area contributed by atoms with Crippen molar-refractivity contribution in [3.8, 4) is 11.4 Å². The molecule has 2 aromatic carbocycles. The van der Waals surface area contributed by atoms with Crippen molar-refractivity contribution >= 4 is 29.1 Å². The van der Waals surface area contributed by atoms with E-state index in [9.17, 15) is 14.0 Å². The molecule has 0 aliphatic rings. The first-order valence-corrected chi connectivity index (χ1v) is 10.3. The lowest BCUT2D eigenvalue weighted by atomic mass is 10.1. The van der Waals surface area contributed by atoms with Crippen molar-refractivity contribution in [2.24, 2.45) is 0 Å². The Morgan fingerprint density at radius 3 is 2.65 bits per heavy atom. The zero-order chi connectivity index (χ0) is 22.2. The molecule has 7 nitrogen and oxygen atoms in total. The Morgan fingerprint density at radius 2 is 1.94 bits per heavy atom. The lowest BCUT2D eigenvalue weighted by Gasteiger charge is -2.09. The van der Waals surface area contributed by atoms with E-state index in [4.69, 9.17) is 16.1 Å². The van der Waals surface area contributed by atoms with E-state index in [0.29, 0.717) is 47.9 Å². The maximum atomic E-state index is 13.0. The number of carbonyl (C=O) groups is 2. The summed E-state index contributed by atoms with van der Waals surface area (Å²) in [6.45, 7) is 2.53. The highest BCUT2D eigenvalue weighted by Crippen LogP contribution is 2.21. The maximum absolute atomic E-state index is 13.0. The zero-order valence-electron chi connectivity index (χ0n) is 17.0. The SMILES string of the molecule is CCCNC(=O)c1ccc(NC(=O)CCCc2nc(-c3ccc(F)cc3)no2)cc1Cl. The van der Waals surface area contributed by atoms with Crippen LogP contribution in [0.15, 0.2) is 47.0 Å². The first-order valence-electron chi connectivity index (χ1n) is 9.92. The van der Waals surface area contributed by atoms with Crippen molar-refractivity contribution in [3.05, 3.63) is 64.8 Å². The molecule has 0 aliphatic carbocycles. The van der Waals surface area contributed by atoms with Gasteiger partial charge in [-0.25, -0.2) is 4.39 Å². The molecular weight excluding hydrogens is 423 g/mol. The summed E-state index contributed by atoms with van der Waals surface area (Å²) in [5.74, 6) is -0.00856. The highest BCUT2D eigenvalue weighted by atomic mass is 35.5. The highest BCUT2D eigenvalue weighted by molar-refractivity contribution is 6.34. The second kappa shape index (κ2) is 10.7. The van der Waals surface area contributed by atoms with Crippen molar-refractivity contribution in [1.82, 2.24) is 15.5 Å². The van der Waals surface area contributed by atoms with Gasteiger partial charge in [0.15, 0.2) is 0 Å². The molecule has 1 aromatic heterocycles. The molecular formula is C22H22ClFN4O3. The number of rotatable bonds is 9. The third kappa shape index (κ3) is 6.36. The van der Waals surface area contributed by atoms with Crippen LogP contribution >= 0.6 is 11.6 Å². The van der Waals surface area contributed by atoms with Crippen LogP contribution in [0.25, 0.3) is 11.4 Å². The molecule has 0 saturated carbocycles. The topological polar surface area (TPSA) is 97.1 Å². The average molecular weight is 445 g/mol. The number of hydrogen-bond acceptors (Lipinski definition) is 5. The van der Waals surface area contributed by atoms with Gasteiger partial charge < -0.3 is 15.2 Å². The minimum Gasteiger partial charge on any atom is -0.352 e. The summed E-state index contributed by atoms with van der Waals surface area (Å²) in [6.07, 6.45) is 2.00. The number of aryl methyl sites for hydroxylation is 1. The molecule has 0 spiro atoms. The molecule has 0 fully saturated rings. The predicted octanol–water partition coefficient (Wildman–Crippen LogP) is 4.63. The number of halogens is 2. The van der Waals surface area contributed by atoms with Crippen LogP contribution in [0.3, 0.4) is 0 Å². The molecule has 2 N–H and O–H groups in total. The van der Waals surface area contributed by atoms with Gasteiger partial charge in [0.25, 0.3) is 5.91 Å². The lowest BCUT2D eigenvalue weighted by molar-refractivity contribution is -0.116. The third-order valence-electron chi connectivity index (χ3n) is 4.40. The Bertz CT molecular complexity index is 1050. The molecule has 2 amide bonds. The van der Waals surface area contributed by atoms with Crippen LogP contribution in [-0.2, 0) is 11.2 Å². The van der Waals surface area contributed by atoms with Crippen molar-refractivity contribution in [3.63, 3.8) is 0 Å². The normalized spacial score (nSPS) is 10.7. The smallest absolute Gasteiger partial charge is 0.252 e. The summed E-state index contributed by atoms with van der Waals surface area (Å²) in [5, 5.41) is 9.66. The molecule has 0 atom stereocenters. The minimum absolute atomic E-state index is 0.197. The molecule has 0 radical (unpaired) electrons. The summed E-state index contributed by atoms with van der Waals surface area (Å²) in [7, 11) is 0. The molecule has 31 heavy (non-hydrogen) atoms. The van der Waals surface area contributed by atoms with E-state index in [1.807, 2.05) is 6.92 Å². The monoisotopic (exact) mass is 444 g/mol. The quantitative estimate of drug-likeness (QED) is 0.501. The van der Waals surface area contributed by atoms with Crippen molar-refractivity contribution in [1.29, 1.82) is 0 Å². The van der Waals surface area contributed by atoms with Gasteiger partial charge in [-0.1, -0.05) is 23.7 Å². The van der Waals surface area contributed by atoms with Crippen LogP contribution in [0.4, 0.5) is 10.1 Å². The largest absolute Gasteiger partial charge is 0.352 e. The number of aromatic nitrogens is 2. The zero-order valence-corrected chi connectivity index (χ0v) is 17.7. The van der Waals surface area contributed by atoms with Crippen molar-refractivity contribution < 1.29 is 18.5 Å². The lowest BCUT2D eigenvalue weighted by Crippen LogP contribution is -2.24. The average Bonchev–Trinajstić information content (AvgIpc) is 3.21. The van der Waals surface area contributed by atoms with E-state index < -0.39 is 0 Å². The fraction of sp³-hybridized carbons (Fsp3) is 0.273. The number of hydrogen-bond donors (Lipinski definition) is 2. The Hall–Kier alpha value is -3.26. The van der Waals surface area contributed by atoms with Gasteiger partial charge in [-0.15, -0.1) is 0 Å². The van der Waals surface area contributed by atoms with Crippen molar-refractivity contribution in [2.75, 3.05) is 11.9 Å². The molecule has 0 aliphatic heterocycles. The van der Waals surface area contributed by atoms with Gasteiger partial charge in [-0.3, -0.25) is 9.59 Å². The minimum atomic E-state index is -0.339. The van der Waals surface area contributed by atoms with E-state index in [1.165, 1.54) is 12.1 Å². The summed E-state index contributed by atoms with van der Waals surface area (Å²) < 4.78 is 18.2. The molecule has 3 aromatic rings. The number of amides is 2. The Morgan fingerprint density at radius 1 is 1.16 bits per heavy atom. The van der Waals surface area contributed by atoms with E-state index in [-0.39, 0.29) is 29.1 Å². The molecule has 0 saturated heterocycles. The second-order valence-corrected chi connectivity index (χ2v) is 7.28. The summed E-state index contributed by atoms with van der Waals surface area (Å²) in [5.41, 5.74) is 1.53. The van der Waals surface area contributed by atoms with Crippen LogP contribution in [0.5, 0.6) is 0 Å². The van der Waals surface area contributed by atoms with Crippen LogP contribution in [-0.4, -0.2) is 28.5 Å². The van der Waals surface area contributed by atoms with Crippen molar-refractivity contribution in [2.45, 2.75) is 32.6 Å². The van der Waals surface area contributed by atoms with Crippen LogP contribution in [0, 0.1) is 5.82 Å². The van der Waals surface area contributed by atoms with Gasteiger partial charge in [0.05, 0.1) is 10.6 Å². The highest BCUT2D eigenvalue weighted by Gasteiger charge is 2.12. The van der Waals surface area contributed by atoms with Gasteiger partial charge in [0, 0.05) is 30.6 Å². The summed E-state index contributed by atoms with van der Waals surface area (Å²) in [4.78, 5) is 28.5. The Kier molecular flexibility index (Phi) is 7.72. The fourth-order valence-corrected chi connectivity index (χ4v) is 3.07. The van der Waals surface area contributed by atoms with E-state index in [2.05, 4.69) is 20.8 Å². The Balaban J connectivity index is 1.48. The number of benzene rings is 2. The first kappa shape index (κ1) is 22.4. The van der Waals surface area contributed by atoms with Gasteiger partial charge in [-0.05, 0) is 55.3 Å². The summed E-state index contributed by atoms with van der Waals surface area (Å²) >= 11 is 6.17. The van der Waals surface area contributed by atoms with Gasteiger partial charge in [-0.2, -0.15) is 4.98 Å². The number of nitrogens with one attached hydrogen (secondary N) is 2. The van der Waals surface area contributed by atoms with Crippen LogP contribution in [0.1, 0.15) is 42.4 Å². The van der Waals surface area contributed by atoms with Gasteiger partial charge in [0.1, 0.15) is 5.82 Å². The van der Waals surface area contributed by atoms with Gasteiger partial charge in [0.2, 0.25) is 17.6 Å². The predicted molar refractivity (Wildman–Crippen MR) is 115 cm³/mol. The van der Waals surface area contributed by atoms with E-state index in [1.54, 1.807) is 30.3 Å². The summed E-state index contributed by atoms with van der Waals surface area (Å²) in [6, 6.07) is 10.6. The molecule has 9 heteroatoms. The third-order valence-corrected chi connectivity index (χ3v) is 4.71. The fourth-order valence-electron chi connectivity index (χ4n) is 2.81. The van der Waals surface area contributed by atoms with E-state index >= 15 is 0 Å².